The zero-order valence-corrected chi connectivity index (χ0v) is 14.1. The Morgan fingerprint density at radius 1 is 1.00 bits per heavy atom. The van der Waals surface area contributed by atoms with Gasteiger partial charge in [-0.25, -0.2) is 0 Å². The molecule has 0 bridgehead atoms. The fourth-order valence-corrected chi connectivity index (χ4v) is 2.22. The van der Waals surface area contributed by atoms with E-state index >= 15 is 0 Å². The van der Waals surface area contributed by atoms with E-state index in [9.17, 15) is 14.4 Å². The van der Waals surface area contributed by atoms with Crippen LogP contribution in [-0.4, -0.2) is 29.5 Å². The number of pyridine rings is 1. The molecule has 2 rings (SSSR count). The van der Waals surface area contributed by atoms with Crippen molar-refractivity contribution in [1.82, 2.24) is 15.2 Å². The number of hydrogen-bond donors (Lipinski definition) is 2. The minimum Gasteiger partial charge on any atom is -0.353 e. The molecule has 0 aliphatic rings. The molecule has 0 saturated carbocycles. The second kappa shape index (κ2) is 8.52. The van der Waals surface area contributed by atoms with Crippen molar-refractivity contribution in [3.63, 3.8) is 0 Å². The Kier molecular flexibility index (Phi) is 6.40. The Balaban J connectivity index is 1.75. The van der Waals surface area contributed by atoms with Crippen LogP contribution in [0.15, 0.2) is 47.4 Å². The molecule has 1 aromatic carbocycles. The number of halogens is 2. The lowest BCUT2D eigenvalue weighted by Crippen LogP contribution is -2.37. The van der Waals surface area contributed by atoms with Gasteiger partial charge in [-0.3, -0.25) is 14.4 Å². The van der Waals surface area contributed by atoms with Crippen molar-refractivity contribution in [2.24, 2.45) is 0 Å². The smallest absolute Gasteiger partial charge is 0.251 e. The average molecular weight is 368 g/mol. The molecule has 0 fully saturated rings. The number of aromatic nitrogens is 1. The fraction of sp³-hybridized carbons (Fsp3) is 0.188. The van der Waals surface area contributed by atoms with Crippen LogP contribution in [0.3, 0.4) is 0 Å². The summed E-state index contributed by atoms with van der Waals surface area (Å²) >= 11 is 11.6. The Morgan fingerprint density at radius 3 is 2.46 bits per heavy atom. The maximum Gasteiger partial charge on any atom is 0.251 e. The van der Waals surface area contributed by atoms with E-state index in [1.807, 2.05) is 0 Å². The number of carbonyl (C=O) groups excluding carboxylic acids is 2. The summed E-state index contributed by atoms with van der Waals surface area (Å²) in [6.45, 7) is 0.419. The molecule has 2 N–H and O–H groups in total. The van der Waals surface area contributed by atoms with Crippen LogP contribution in [0.25, 0.3) is 0 Å². The third-order valence-corrected chi connectivity index (χ3v) is 3.87. The summed E-state index contributed by atoms with van der Waals surface area (Å²) in [6, 6.07) is 9.23. The van der Waals surface area contributed by atoms with Crippen molar-refractivity contribution in [3.05, 3.63) is 68.6 Å². The predicted molar refractivity (Wildman–Crippen MR) is 92.5 cm³/mol. The molecule has 0 aliphatic carbocycles. The second-order valence-electron chi connectivity index (χ2n) is 4.90. The van der Waals surface area contributed by atoms with Gasteiger partial charge in [0.05, 0.1) is 10.0 Å². The molecule has 1 heterocycles. The molecule has 0 atom stereocenters. The first-order valence-electron chi connectivity index (χ1n) is 7.13. The SMILES string of the molecule is O=C(Cn1ccccc1=O)NCCNC(=O)c1ccc(Cl)c(Cl)c1. The zero-order chi connectivity index (χ0) is 17.5. The normalized spacial score (nSPS) is 10.2. The van der Waals surface area contributed by atoms with E-state index in [-0.39, 0.29) is 37.0 Å². The standard InChI is InChI=1S/C16H15Cl2N3O3/c17-12-5-4-11(9-13(12)18)16(24)20-7-6-19-14(22)10-21-8-2-1-3-15(21)23/h1-5,8-9H,6-7,10H2,(H,19,22)(H,20,24). The summed E-state index contributed by atoms with van der Waals surface area (Å²) in [5.74, 6) is -0.630. The summed E-state index contributed by atoms with van der Waals surface area (Å²) in [5.41, 5.74) is 0.132. The highest BCUT2D eigenvalue weighted by Gasteiger charge is 2.08. The third-order valence-electron chi connectivity index (χ3n) is 3.13. The number of amides is 2. The molecular formula is C16H15Cl2N3O3. The molecule has 0 aliphatic heterocycles. The number of nitrogens with one attached hydrogen (secondary N) is 2. The first-order valence-corrected chi connectivity index (χ1v) is 7.88. The van der Waals surface area contributed by atoms with Crippen LogP contribution in [0.2, 0.25) is 10.0 Å². The highest BCUT2D eigenvalue weighted by Crippen LogP contribution is 2.22. The number of hydrogen-bond acceptors (Lipinski definition) is 3. The van der Waals surface area contributed by atoms with Gasteiger partial charge in [-0.2, -0.15) is 0 Å². The van der Waals surface area contributed by atoms with Crippen LogP contribution in [0.5, 0.6) is 0 Å². The Morgan fingerprint density at radius 2 is 1.75 bits per heavy atom. The van der Waals surface area contributed by atoms with Gasteiger partial charge in [0.15, 0.2) is 0 Å². The van der Waals surface area contributed by atoms with Crippen LogP contribution in [0.1, 0.15) is 10.4 Å². The van der Waals surface area contributed by atoms with Crippen LogP contribution >= 0.6 is 23.2 Å². The number of nitrogens with zero attached hydrogens (tertiary/aromatic N) is 1. The van der Waals surface area contributed by atoms with Gasteiger partial charge in [0.25, 0.3) is 11.5 Å². The van der Waals surface area contributed by atoms with Gasteiger partial charge in [0.2, 0.25) is 5.91 Å². The largest absolute Gasteiger partial charge is 0.353 e. The maximum atomic E-state index is 11.9. The van der Waals surface area contributed by atoms with Gasteiger partial charge in [0, 0.05) is 30.9 Å². The lowest BCUT2D eigenvalue weighted by Gasteiger charge is -2.08. The lowest BCUT2D eigenvalue weighted by atomic mass is 10.2. The van der Waals surface area contributed by atoms with Crippen molar-refractivity contribution in [3.8, 4) is 0 Å². The fourth-order valence-electron chi connectivity index (χ4n) is 1.92. The minimum absolute atomic E-state index is 0.0690. The van der Waals surface area contributed by atoms with Crippen LogP contribution in [0, 0.1) is 0 Å². The summed E-state index contributed by atoms with van der Waals surface area (Å²) < 4.78 is 1.30. The molecule has 0 unspecified atom stereocenters. The highest BCUT2D eigenvalue weighted by atomic mass is 35.5. The van der Waals surface area contributed by atoms with E-state index in [0.29, 0.717) is 15.6 Å². The topological polar surface area (TPSA) is 80.2 Å². The highest BCUT2D eigenvalue weighted by molar-refractivity contribution is 6.42. The van der Waals surface area contributed by atoms with Crippen LogP contribution < -0.4 is 16.2 Å². The third kappa shape index (κ3) is 5.11. The molecular weight excluding hydrogens is 353 g/mol. The Bertz CT molecular complexity index is 805. The quantitative estimate of drug-likeness (QED) is 0.762. The van der Waals surface area contributed by atoms with Gasteiger partial charge in [-0.05, 0) is 24.3 Å². The van der Waals surface area contributed by atoms with Gasteiger partial charge in [0.1, 0.15) is 6.54 Å². The van der Waals surface area contributed by atoms with Gasteiger partial charge >= 0.3 is 0 Å². The van der Waals surface area contributed by atoms with E-state index in [0.717, 1.165) is 0 Å². The van der Waals surface area contributed by atoms with Gasteiger partial charge < -0.3 is 15.2 Å². The number of rotatable bonds is 6. The van der Waals surface area contributed by atoms with E-state index in [4.69, 9.17) is 23.2 Å². The van der Waals surface area contributed by atoms with Crippen molar-refractivity contribution in [2.75, 3.05) is 13.1 Å². The van der Waals surface area contributed by atoms with Crippen LogP contribution in [0.4, 0.5) is 0 Å². The van der Waals surface area contributed by atoms with Crippen molar-refractivity contribution < 1.29 is 9.59 Å². The van der Waals surface area contributed by atoms with E-state index in [1.54, 1.807) is 18.2 Å². The molecule has 0 spiro atoms. The maximum absolute atomic E-state index is 11.9. The first-order chi connectivity index (χ1) is 11.5. The van der Waals surface area contributed by atoms with E-state index in [2.05, 4.69) is 10.6 Å². The molecule has 0 radical (unpaired) electrons. The van der Waals surface area contributed by atoms with E-state index < -0.39 is 0 Å². The summed E-state index contributed by atoms with van der Waals surface area (Å²) in [7, 11) is 0. The molecule has 126 valence electrons. The molecule has 2 aromatic rings. The van der Waals surface area contributed by atoms with Crippen molar-refractivity contribution in [2.45, 2.75) is 6.54 Å². The number of carbonyl (C=O) groups is 2. The molecule has 2 amide bonds. The van der Waals surface area contributed by atoms with Gasteiger partial charge in [-0.15, -0.1) is 0 Å². The monoisotopic (exact) mass is 367 g/mol. The molecule has 8 heteroatoms. The zero-order valence-electron chi connectivity index (χ0n) is 12.6. The summed E-state index contributed by atoms with van der Waals surface area (Å²) in [5, 5.41) is 5.95. The van der Waals surface area contributed by atoms with Crippen molar-refractivity contribution >= 4 is 35.0 Å². The van der Waals surface area contributed by atoms with Crippen molar-refractivity contribution in [1.29, 1.82) is 0 Å². The second-order valence-corrected chi connectivity index (χ2v) is 5.72. The summed E-state index contributed by atoms with van der Waals surface area (Å²) in [4.78, 5) is 35.2. The molecule has 0 saturated heterocycles. The molecule has 6 nitrogen and oxygen atoms in total. The van der Waals surface area contributed by atoms with Gasteiger partial charge in [-0.1, -0.05) is 29.3 Å². The van der Waals surface area contributed by atoms with E-state index in [1.165, 1.54) is 29.0 Å². The minimum atomic E-state index is -0.318. The first kappa shape index (κ1) is 18.0. The predicted octanol–water partition coefficient (Wildman–Crippen LogP) is 1.70. The molecule has 1 aromatic heterocycles. The average Bonchev–Trinajstić information content (AvgIpc) is 2.56. The Hall–Kier alpha value is -2.31. The summed E-state index contributed by atoms with van der Waals surface area (Å²) in [6.07, 6.45) is 1.54. The molecule has 24 heavy (non-hydrogen) atoms. The number of benzene rings is 1. The van der Waals surface area contributed by atoms with Crippen LogP contribution in [-0.2, 0) is 11.3 Å². The Labute approximate surface area is 148 Å². The lowest BCUT2D eigenvalue weighted by molar-refractivity contribution is -0.121.